The molecule has 70 heavy (non-hydrogen) atoms. The molecular formula is C64H50BN5. The Labute approximate surface area is 411 Å². The Balaban J connectivity index is 1.03. The van der Waals surface area contributed by atoms with Gasteiger partial charge in [0.05, 0.1) is 22.8 Å². The van der Waals surface area contributed by atoms with Crippen LogP contribution in [0.4, 0.5) is 56.9 Å². The van der Waals surface area contributed by atoms with Crippen molar-refractivity contribution in [1.82, 2.24) is 4.98 Å². The van der Waals surface area contributed by atoms with E-state index in [4.69, 9.17) is 4.98 Å². The molecule has 10 aromatic rings. The van der Waals surface area contributed by atoms with Crippen LogP contribution in [0.5, 0.6) is 0 Å². The first-order valence-corrected chi connectivity index (χ1v) is 24.3. The zero-order valence-electron chi connectivity index (χ0n) is 39.5. The van der Waals surface area contributed by atoms with Crippen molar-refractivity contribution in [2.75, 3.05) is 26.3 Å². The normalized spacial score (nSPS) is 13.4. The van der Waals surface area contributed by atoms with E-state index >= 15 is 0 Å². The fraction of sp³-hybridized carbons (Fsp3) is 0.0781. The van der Waals surface area contributed by atoms with Crippen LogP contribution in [-0.4, -0.2) is 18.4 Å². The van der Waals surface area contributed by atoms with Crippen LogP contribution in [0.1, 0.15) is 26.3 Å². The molecular weight excluding hydrogens is 850 g/mol. The number of benzene rings is 9. The number of pyridine rings is 1. The average molecular weight is 900 g/mol. The van der Waals surface area contributed by atoms with E-state index in [9.17, 15) is 0 Å². The minimum atomic E-state index is -0.0840. The van der Waals surface area contributed by atoms with Crippen molar-refractivity contribution >= 4 is 80.0 Å². The van der Waals surface area contributed by atoms with Crippen LogP contribution in [0.2, 0.25) is 0 Å². The first-order valence-electron chi connectivity index (χ1n) is 24.3. The van der Waals surface area contributed by atoms with Gasteiger partial charge in [0, 0.05) is 57.1 Å². The van der Waals surface area contributed by atoms with Gasteiger partial charge in [0.15, 0.2) is 0 Å². The lowest BCUT2D eigenvalue weighted by atomic mass is 9.33. The highest BCUT2D eigenvalue weighted by Gasteiger charge is 2.44. The molecule has 0 atom stereocenters. The van der Waals surface area contributed by atoms with Gasteiger partial charge in [-0.25, -0.2) is 0 Å². The summed E-state index contributed by atoms with van der Waals surface area (Å²) in [6.07, 6.45) is 1.97. The number of anilines is 10. The Hall–Kier alpha value is -8.61. The van der Waals surface area contributed by atoms with Crippen molar-refractivity contribution in [2.45, 2.75) is 26.2 Å². The number of rotatable bonds is 7. The first kappa shape index (κ1) is 41.6. The monoisotopic (exact) mass is 899 g/mol. The molecule has 0 saturated heterocycles. The number of para-hydroxylation sites is 5. The minimum absolute atomic E-state index is 0.0139. The van der Waals surface area contributed by atoms with E-state index < -0.39 is 0 Å². The molecule has 0 N–H and O–H groups in total. The van der Waals surface area contributed by atoms with E-state index in [1.165, 1.54) is 84.0 Å². The molecule has 1 aromatic heterocycles. The Morgan fingerprint density at radius 3 is 1.49 bits per heavy atom. The second kappa shape index (κ2) is 16.6. The van der Waals surface area contributed by atoms with E-state index in [1.54, 1.807) is 0 Å². The maximum absolute atomic E-state index is 5.01. The lowest BCUT2D eigenvalue weighted by molar-refractivity contribution is 0.589. The van der Waals surface area contributed by atoms with Crippen molar-refractivity contribution in [3.8, 4) is 33.5 Å². The third-order valence-electron chi connectivity index (χ3n) is 14.5. The molecule has 0 aliphatic carbocycles. The summed E-state index contributed by atoms with van der Waals surface area (Å²) in [7, 11) is 0. The highest BCUT2D eigenvalue weighted by molar-refractivity contribution is 7.00. The maximum atomic E-state index is 5.01. The molecule has 0 fully saturated rings. The number of nitrogens with zero attached hydrogens (tertiary/aromatic N) is 5. The van der Waals surface area contributed by atoms with Gasteiger partial charge in [-0.2, -0.15) is 0 Å². The van der Waals surface area contributed by atoms with E-state index in [1.807, 2.05) is 6.20 Å². The highest BCUT2D eigenvalue weighted by Crippen LogP contribution is 2.51. The lowest BCUT2D eigenvalue weighted by Gasteiger charge is -2.44. The SMILES string of the molecule is CC(C)(C)c1ccnc(-c2ccc3c(c2)B2c4cc(N5CN(c6c(-c7ccccc7)cccc6-c6ccccc6)c6ccccc65)ccc4N(c4ccccc4)c4cccc(c42)N3c2ccccc2)c1. The van der Waals surface area contributed by atoms with E-state index in [-0.39, 0.29) is 12.1 Å². The first-order chi connectivity index (χ1) is 34.4. The van der Waals surface area contributed by atoms with Crippen molar-refractivity contribution < 1.29 is 0 Å². The largest absolute Gasteiger partial charge is 0.321 e. The van der Waals surface area contributed by atoms with Crippen molar-refractivity contribution in [2.24, 2.45) is 0 Å². The molecule has 9 aromatic carbocycles. The summed E-state index contributed by atoms with van der Waals surface area (Å²) in [5.41, 5.74) is 23.6. The lowest BCUT2D eigenvalue weighted by Crippen LogP contribution is -2.61. The predicted molar refractivity (Wildman–Crippen MR) is 295 cm³/mol. The van der Waals surface area contributed by atoms with Crippen molar-refractivity contribution in [3.05, 3.63) is 242 Å². The van der Waals surface area contributed by atoms with Crippen molar-refractivity contribution in [1.29, 1.82) is 0 Å². The second-order valence-corrected chi connectivity index (χ2v) is 19.6. The Kier molecular flexibility index (Phi) is 9.84. The zero-order valence-corrected chi connectivity index (χ0v) is 39.5. The van der Waals surface area contributed by atoms with Gasteiger partial charge in [-0.1, -0.05) is 166 Å². The molecule has 13 rings (SSSR count). The summed E-state index contributed by atoms with van der Waals surface area (Å²) >= 11 is 0. The van der Waals surface area contributed by atoms with Gasteiger partial charge in [0.25, 0.3) is 6.71 Å². The Morgan fingerprint density at radius 2 is 0.900 bits per heavy atom. The molecule has 0 unspecified atom stereocenters. The molecule has 0 radical (unpaired) electrons. The van der Waals surface area contributed by atoms with Gasteiger partial charge >= 0.3 is 0 Å². The smallest absolute Gasteiger partial charge is 0.252 e. The van der Waals surface area contributed by atoms with E-state index in [0.717, 1.165) is 28.3 Å². The molecule has 0 bridgehead atoms. The summed E-state index contributed by atoms with van der Waals surface area (Å²) in [6.45, 7) is 7.36. The maximum Gasteiger partial charge on any atom is 0.252 e. The zero-order chi connectivity index (χ0) is 46.9. The average Bonchev–Trinajstić information content (AvgIpc) is 3.80. The quantitative estimate of drug-likeness (QED) is 0.149. The number of hydrogen-bond acceptors (Lipinski definition) is 5. The summed E-state index contributed by atoms with van der Waals surface area (Å²) in [5, 5.41) is 0. The van der Waals surface area contributed by atoms with Crippen molar-refractivity contribution in [3.63, 3.8) is 0 Å². The molecule has 3 aliphatic rings. The molecule has 4 heterocycles. The molecule has 0 saturated carbocycles. The molecule has 3 aliphatic heterocycles. The summed E-state index contributed by atoms with van der Waals surface area (Å²) in [4.78, 5) is 15.0. The third kappa shape index (κ3) is 6.81. The molecule has 0 amide bonds. The predicted octanol–water partition coefficient (Wildman–Crippen LogP) is 14.7. The number of hydrogen-bond donors (Lipinski definition) is 0. The van der Waals surface area contributed by atoms with Gasteiger partial charge in [-0.15, -0.1) is 0 Å². The van der Waals surface area contributed by atoms with Gasteiger partial charge in [-0.05, 0) is 129 Å². The topological polar surface area (TPSA) is 25.9 Å². The minimum Gasteiger partial charge on any atom is -0.321 e. The number of fused-ring (bicyclic) bond motifs is 5. The van der Waals surface area contributed by atoms with E-state index in [2.05, 4.69) is 271 Å². The van der Waals surface area contributed by atoms with Crippen LogP contribution >= 0.6 is 0 Å². The number of aromatic nitrogens is 1. The fourth-order valence-electron chi connectivity index (χ4n) is 11.2. The third-order valence-corrected chi connectivity index (χ3v) is 14.5. The van der Waals surface area contributed by atoms with Crippen LogP contribution < -0.4 is 36.0 Å². The summed E-state index contributed by atoms with van der Waals surface area (Å²) in [6, 6.07) is 84.5. The van der Waals surface area contributed by atoms with Gasteiger partial charge in [-0.3, -0.25) is 4.98 Å². The fourth-order valence-corrected chi connectivity index (χ4v) is 11.2. The van der Waals surface area contributed by atoms with Crippen LogP contribution in [0.25, 0.3) is 33.5 Å². The highest BCUT2D eigenvalue weighted by atomic mass is 15.4. The van der Waals surface area contributed by atoms with Crippen LogP contribution in [0.3, 0.4) is 0 Å². The van der Waals surface area contributed by atoms with Crippen LogP contribution in [0, 0.1) is 0 Å². The van der Waals surface area contributed by atoms with E-state index in [0.29, 0.717) is 6.67 Å². The molecule has 334 valence electrons. The van der Waals surface area contributed by atoms with Gasteiger partial charge in [0.2, 0.25) is 0 Å². The standard InChI is InChI=1S/C64H50BN5/c1-64(2,3)47-38-39-66-55(41-47)46-34-36-56-53(40-46)65-54-42-50(35-37-57(54)70(49-26-14-7-15-27-49)61-33-19-32-60(62(61)65)69(56)48-24-12-6-13-25-48)67-43-68(59-31-17-16-30-58(59)67)63-51(44-20-8-4-9-21-44)28-18-29-52(63)45-22-10-5-11-23-45/h4-42H,43H2,1-3H3. The Morgan fingerprint density at radius 1 is 0.400 bits per heavy atom. The molecule has 5 nitrogen and oxygen atoms in total. The summed E-state index contributed by atoms with van der Waals surface area (Å²) < 4.78 is 0. The van der Waals surface area contributed by atoms with Gasteiger partial charge < -0.3 is 19.6 Å². The summed E-state index contributed by atoms with van der Waals surface area (Å²) in [5.74, 6) is 0. The molecule has 6 heteroatoms. The van der Waals surface area contributed by atoms with Crippen LogP contribution in [-0.2, 0) is 5.41 Å². The van der Waals surface area contributed by atoms with Gasteiger partial charge in [0.1, 0.15) is 6.67 Å². The Bertz CT molecular complexity index is 3520. The van der Waals surface area contributed by atoms with Crippen LogP contribution in [0.15, 0.2) is 237 Å². The second-order valence-electron chi connectivity index (χ2n) is 19.6. The molecule has 0 spiro atoms.